The van der Waals surface area contributed by atoms with E-state index in [1.54, 1.807) is 6.07 Å². The van der Waals surface area contributed by atoms with Crippen LogP contribution in [0.4, 0.5) is 17.3 Å². The van der Waals surface area contributed by atoms with Crippen LogP contribution in [0.3, 0.4) is 0 Å². The average molecular weight is 690 g/mol. The van der Waals surface area contributed by atoms with Gasteiger partial charge in [-0.05, 0) is 59.7 Å². The number of hydrogen-bond acceptors (Lipinski definition) is 7. The third kappa shape index (κ3) is 11.0. The van der Waals surface area contributed by atoms with Crippen molar-refractivity contribution in [3.05, 3.63) is 91.0 Å². The van der Waals surface area contributed by atoms with E-state index in [-0.39, 0.29) is 5.54 Å². The van der Waals surface area contributed by atoms with Gasteiger partial charge in [0.15, 0.2) is 11.6 Å². The number of hydrogen-bond donors (Lipinski definition) is 2. The van der Waals surface area contributed by atoms with Gasteiger partial charge in [0.05, 0.1) is 22.5 Å². The molecular weight excluding hydrogens is 649 g/mol. The van der Waals surface area contributed by atoms with E-state index < -0.39 is 26.4 Å². The zero-order valence-electron chi connectivity index (χ0n) is 25.5. The Bertz CT molecular complexity index is 1360. The Labute approximate surface area is 269 Å². The molecule has 10 heteroatoms. The van der Waals surface area contributed by atoms with Crippen LogP contribution in [-0.4, -0.2) is 45.6 Å². The van der Waals surface area contributed by atoms with Crippen LogP contribution in [-0.2, 0) is 20.8 Å². The predicted molar refractivity (Wildman–Crippen MR) is 173 cm³/mol. The van der Waals surface area contributed by atoms with Crippen molar-refractivity contribution < 1.29 is 31.3 Å². The molecule has 0 saturated carbocycles. The van der Waals surface area contributed by atoms with Crippen LogP contribution < -0.4 is 15.0 Å². The monoisotopic (exact) mass is 687 g/mol. The second-order valence-electron chi connectivity index (χ2n) is 11.6. The Morgan fingerprint density at radius 1 is 0.595 bits per heavy atom. The van der Waals surface area contributed by atoms with Gasteiger partial charge in [-0.25, -0.2) is 20.1 Å². The van der Waals surface area contributed by atoms with E-state index in [0.717, 1.165) is 28.2 Å². The maximum absolute atomic E-state index is 10.4. The van der Waals surface area contributed by atoms with Gasteiger partial charge in [0.1, 0.15) is 0 Å². The number of nitrogens with zero attached hydrogens (tertiary/aromatic N) is 5. The minimum absolute atomic E-state index is 0.373. The van der Waals surface area contributed by atoms with Crippen molar-refractivity contribution in [3.63, 3.8) is 0 Å². The molecule has 0 aliphatic rings. The van der Waals surface area contributed by atoms with Gasteiger partial charge in [0, 0.05) is 37.0 Å². The molecule has 42 heavy (non-hydrogen) atoms. The van der Waals surface area contributed by atoms with Crippen LogP contribution in [0.25, 0.3) is 22.5 Å². The fourth-order valence-electron chi connectivity index (χ4n) is 3.62. The molecule has 2 aromatic heterocycles. The van der Waals surface area contributed by atoms with Gasteiger partial charge >= 0.3 is 37.9 Å². The maximum atomic E-state index is 10.4. The molecule has 0 atom stereocenters. The second-order valence-corrected chi connectivity index (χ2v) is 15.3. The first-order valence-corrected chi connectivity index (χ1v) is 19.7. The molecule has 0 fully saturated rings. The minimum atomic E-state index is -0.826. The van der Waals surface area contributed by atoms with Gasteiger partial charge in [0.2, 0.25) is 0 Å². The molecule has 2 aromatic carbocycles. The average Bonchev–Trinajstić information content (AvgIpc) is 2.97. The predicted octanol–water partition coefficient (Wildman–Crippen LogP) is 8.93. The molecule has 0 aliphatic heterocycles. The molecule has 2 heterocycles. The van der Waals surface area contributed by atoms with E-state index in [2.05, 4.69) is 9.97 Å². The Kier molecular flexibility index (Phi) is 13.9. The van der Waals surface area contributed by atoms with Crippen molar-refractivity contribution in [2.45, 2.75) is 52.6 Å². The second kappa shape index (κ2) is 16.4. The van der Waals surface area contributed by atoms with Gasteiger partial charge in [-0.1, -0.05) is 66.7 Å². The molecule has 7 nitrogen and oxygen atoms in total. The Morgan fingerprint density at radius 3 is 1.48 bits per heavy atom. The fourth-order valence-corrected chi connectivity index (χ4v) is 3.62. The van der Waals surface area contributed by atoms with E-state index >= 15 is 0 Å². The Balaban J connectivity index is 0.000000271. The fraction of sp³-hybridized carbons (Fsp3) is 0.312. The van der Waals surface area contributed by atoms with Crippen LogP contribution in [0.5, 0.6) is 0 Å². The topological polar surface area (TPSA) is 76.0 Å². The van der Waals surface area contributed by atoms with Gasteiger partial charge in [0.25, 0.3) is 0 Å². The van der Waals surface area contributed by atoms with Crippen LogP contribution in [0.15, 0.2) is 91.0 Å². The molecule has 222 valence electrons. The molecule has 0 aliphatic carbocycles. The van der Waals surface area contributed by atoms with Gasteiger partial charge < -0.3 is 4.90 Å². The van der Waals surface area contributed by atoms with Crippen molar-refractivity contribution in [3.8, 4) is 22.5 Å². The molecule has 0 amide bonds. The van der Waals surface area contributed by atoms with E-state index in [4.69, 9.17) is 17.0 Å². The number of hydroxylamine groups is 2. The van der Waals surface area contributed by atoms with Crippen LogP contribution in [0.2, 0.25) is 0 Å². The van der Waals surface area contributed by atoms with Crippen molar-refractivity contribution >= 4 is 34.3 Å². The van der Waals surface area contributed by atoms with Gasteiger partial charge in [-0.15, -0.1) is 0 Å². The summed E-state index contributed by atoms with van der Waals surface area (Å²) in [6, 6.07) is 29.5. The van der Waals surface area contributed by atoms with Gasteiger partial charge in [-0.3, -0.25) is 10.4 Å². The van der Waals surface area contributed by atoms with Gasteiger partial charge in [-0.2, -0.15) is 0 Å². The summed E-state index contributed by atoms with van der Waals surface area (Å²) in [5, 5.41) is 22.9. The first-order chi connectivity index (χ1) is 19.7. The van der Waals surface area contributed by atoms with Crippen molar-refractivity contribution in [2.75, 3.05) is 29.1 Å². The molecule has 4 aromatic rings. The summed E-state index contributed by atoms with van der Waals surface area (Å²) in [5.41, 5.74) is 4.00. The zero-order valence-corrected chi connectivity index (χ0v) is 29.5. The number of halogens is 2. The Morgan fingerprint density at radius 2 is 1.02 bits per heavy atom. The van der Waals surface area contributed by atoms with Crippen LogP contribution in [0.1, 0.15) is 41.5 Å². The van der Waals surface area contributed by atoms with E-state index in [9.17, 15) is 10.4 Å². The molecule has 4 rings (SSSR count). The van der Waals surface area contributed by atoms with E-state index in [1.165, 1.54) is 10.1 Å². The number of rotatable bonds is 5. The third-order valence-corrected chi connectivity index (χ3v) is 5.89. The van der Waals surface area contributed by atoms with Crippen LogP contribution in [0, 0.1) is 0 Å². The summed E-state index contributed by atoms with van der Waals surface area (Å²) in [4.78, 5) is 11.1. The van der Waals surface area contributed by atoms with Crippen molar-refractivity contribution in [2.24, 2.45) is 0 Å². The number of benzene rings is 2. The number of anilines is 3. The number of aromatic nitrogens is 2. The molecule has 0 unspecified atom stereocenters. The SMILES string of the molecule is CC(C)(C)N(O)c1cccc(-c2ccccc2)n1.CN(C)c1cc(-c2ccccc2)nc(N(O)C(C)(C)C)c1.[Cl][Zr+2][Cl]. The third-order valence-electron chi connectivity index (χ3n) is 5.89. The quantitative estimate of drug-likeness (QED) is 0.203. The molecule has 0 saturated heterocycles. The molecule has 0 radical (unpaired) electrons. The van der Waals surface area contributed by atoms with Crippen LogP contribution >= 0.6 is 17.0 Å². The summed E-state index contributed by atoms with van der Waals surface area (Å²) in [5.74, 6) is 1.11. The van der Waals surface area contributed by atoms with E-state index in [1.807, 2.05) is 145 Å². The zero-order chi connectivity index (χ0) is 31.5. The summed E-state index contributed by atoms with van der Waals surface area (Å²) >= 11 is -0.826. The first kappa shape index (κ1) is 35.7. The van der Waals surface area contributed by atoms with E-state index in [0.29, 0.717) is 11.6 Å². The molecule has 2 N–H and O–H groups in total. The summed E-state index contributed by atoms with van der Waals surface area (Å²) in [6.07, 6.45) is 0. The Hall–Kier alpha value is -2.48. The molecule has 0 spiro atoms. The molecule has 0 bridgehead atoms. The number of pyridine rings is 2. The normalized spacial score (nSPS) is 10.8. The first-order valence-electron chi connectivity index (χ1n) is 13.4. The summed E-state index contributed by atoms with van der Waals surface area (Å²) in [7, 11) is 13.8. The van der Waals surface area contributed by atoms with Crippen molar-refractivity contribution in [1.82, 2.24) is 9.97 Å². The summed E-state index contributed by atoms with van der Waals surface area (Å²) < 4.78 is 0. The summed E-state index contributed by atoms with van der Waals surface area (Å²) in [6.45, 7) is 11.6. The van der Waals surface area contributed by atoms with Crippen molar-refractivity contribution in [1.29, 1.82) is 0 Å². The standard InChI is InChI=1S/C17H23N3O.C15H18N2O.2ClH.Zr/c1-17(2,3)20(21)16-12-14(19(4)5)11-15(18-16)13-9-7-6-8-10-13;1-15(2,3)17(18)14-11-7-10-13(16-14)12-8-5-4-6-9-12;;;/h6-12,21H,1-5H3;4-11,18H,1-3H3;2*1H;/q;;;;+4/p-2. The molecular formula is C32H41Cl2N5O2Zr+2.